The number of methoxy groups -OCH3 is 1. The van der Waals surface area contributed by atoms with Crippen molar-refractivity contribution < 1.29 is 19.0 Å². The lowest BCUT2D eigenvalue weighted by Crippen LogP contribution is -2.30. The molecule has 3 aromatic carbocycles. The van der Waals surface area contributed by atoms with E-state index in [2.05, 4.69) is 21.2 Å². The molecule has 4 aromatic rings. The Bertz CT molecular complexity index is 1680. The molecular formula is C31H29BrCl2N4O4S. The molecule has 1 N–H and O–H groups in total. The molecule has 12 heteroatoms. The number of thioether (sulfide) groups is 1. The van der Waals surface area contributed by atoms with Crippen LogP contribution in [0.5, 0.6) is 11.5 Å². The van der Waals surface area contributed by atoms with Crippen LogP contribution in [0.4, 0.5) is 5.95 Å². The fourth-order valence-electron chi connectivity index (χ4n) is 4.57. The molecule has 0 fully saturated rings. The lowest BCUT2D eigenvalue weighted by atomic mass is 9.95. The fourth-order valence-corrected chi connectivity index (χ4v) is 6.39. The van der Waals surface area contributed by atoms with Gasteiger partial charge in [-0.05, 0) is 83.7 Å². The Kier molecular flexibility index (Phi) is 9.91. The van der Waals surface area contributed by atoms with Crippen molar-refractivity contribution in [3.8, 4) is 11.5 Å². The van der Waals surface area contributed by atoms with E-state index in [1.807, 2.05) is 81.4 Å². The summed E-state index contributed by atoms with van der Waals surface area (Å²) in [6, 6.07) is 18.2. The number of carbonyl (C=O) groups excluding carboxylic acids is 1. The number of fused-ring (bicyclic) bond motifs is 1. The highest BCUT2D eigenvalue weighted by Crippen LogP contribution is 2.44. The van der Waals surface area contributed by atoms with Gasteiger partial charge in [0.25, 0.3) is 0 Å². The first-order chi connectivity index (χ1) is 20.6. The Morgan fingerprint density at radius 2 is 1.88 bits per heavy atom. The third kappa shape index (κ3) is 7.15. The van der Waals surface area contributed by atoms with Crippen molar-refractivity contribution in [3.63, 3.8) is 0 Å². The molecule has 1 unspecified atom stereocenters. The van der Waals surface area contributed by atoms with Gasteiger partial charge in [-0.3, -0.25) is 0 Å². The van der Waals surface area contributed by atoms with Gasteiger partial charge in [-0.2, -0.15) is 4.98 Å². The summed E-state index contributed by atoms with van der Waals surface area (Å²) in [5.74, 6) is 1.65. The Morgan fingerprint density at radius 3 is 2.58 bits per heavy atom. The number of ether oxygens (including phenoxy) is 3. The van der Waals surface area contributed by atoms with Crippen LogP contribution in [-0.4, -0.2) is 33.9 Å². The van der Waals surface area contributed by atoms with Crippen LogP contribution in [0, 0.1) is 0 Å². The van der Waals surface area contributed by atoms with Crippen LogP contribution >= 0.6 is 50.9 Å². The third-order valence-electron chi connectivity index (χ3n) is 6.57. The molecule has 43 heavy (non-hydrogen) atoms. The summed E-state index contributed by atoms with van der Waals surface area (Å²) in [5, 5.41) is 9.93. The number of allylic oxidation sites excluding steroid dienone is 1. The Balaban J connectivity index is 1.51. The number of hydrogen-bond donors (Lipinski definition) is 1. The topological polar surface area (TPSA) is 87.5 Å². The van der Waals surface area contributed by atoms with E-state index in [9.17, 15) is 4.79 Å². The number of nitrogens with zero attached hydrogens (tertiary/aromatic N) is 3. The van der Waals surface area contributed by atoms with Gasteiger partial charge in [0.1, 0.15) is 12.6 Å². The minimum Gasteiger partial charge on any atom is -0.493 e. The summed E-state index contributed by atoms with van der Waals surface area (Å²) in [6.07, 6.45) is -0.308. The quantitative estimate of drug-likeness (QED) is 0.130. The number of esters is 1. The lowest BCUT2D eigenvalue weighted by molar-refractivity contribution is -0.143. The molecule has 2 heterocycles. The highest BCUT2D eigenvalue weighted by atomic mass is 79.9. The van der Waals surface area contributed by atoms with Crippen molar-refractivity contribution in [2.24, 2.45) is 0 Å². The minimum absolute atomic E-state index is 0.308. The van der Waals surface area contributed by atoms with E-state index in [1.165, 1.54) is 11.8 Å². The van der Waals surface area contributed by atoms with Crippen molar-refractivity contribution in [3.05, 3.63) is 103 Å². The second-order valence-corrected chi connectivity index (χ2v) is 12.7. The Labute approximate surface area is 272 Å². The van der Waals surface area contributed by atoms with Gasteiger partial charge in [0.05, 0.1) is 23.3 Å². The van der Waals surface area contributed by atoms with Crippen LogP contribution in [0.3, 0.4) is 0 Å². The monoisotopic (exact) mass is 702 g/mol. The summed E-state index contributed by atoms with van der Waals surface area (Å²) in [7, 11) is 1.57. The maximum absolute atomic E-state index is 13.5. The zero-order valence-electron chi connectivity index (χ0n) is 23.9. The first-order valence-corrected chi connectivity index (χ1v) is 15.9. The van der Waals surface area contributed by atoms with Gasteiger partial charge in [-0.1, -0.05) is 65.3 Å². The number of anilines is 1. The van der Waals surface area contributed by atoms with Crippen LogP contribution in [0.15, 0.2) is 81.6 Å². The fraction of sp³-hybridized carbons (Fsp3) is 0.258. The summed E-state index contributed by atoms with van der Waals surface area (Å²) in [4.78, 5) is 18.2. The molecule has 0 aliphatic carbocycles. The highest BCUT2D eigenvalue weighted by molar-refractivity contribution is 9.10. The van der Waals surface area contributed by atoms with E-state index in [1.54, 1.807) is 11.8 Å². The van der Waals surface area contributed by atoms with Gasteiger partial charge in [0.2, 0.25) is 11.1 Å². The SMILES string of the molecule is COc1cc(C2C(C(=O)OC(C)C)=C(C)Nc3nc(SCc4ccccc4Cl)nn32)cc(Br)c1OCc1ccc(Cl)cc1. The van der Waals surface area contributed by atoms with E-state index in [0.717, 1.165) is 16.7 Å². The Morgan fingerprint density at radius 1 is 1.14 bits per heavy atom. The zero-order chi connectivity index (χ0) is 30.7. The maximum atomic E-state index is 13.5. The first-order valence-electron chi connectivity index (χ1n) is 13.4. The first kappa shape index (κ1) is 31.3. The van der Waals surface area contributed by atoms with Crippen molar-refractivity contribution in [1.29, 1.82) is 0 Å². The molecule has 8 nitrogen and oxygen atoms in total. The van der Waals surface area contributed by atoms with Crippen molar-refractivity contribution in [1.82, 2.24) is 14.8 Å². The lowest BCUT2D eigenvalue weighted by Gasteiger charge is -2.29. The molecule has 0 bridgehead atoms. The van der Waals surface area contributed by atoms with Gasteiger partial charge >= 0.3 is 5.97 Å². The molecule has 0 spiro atoms. The van der Waals surface area contributed by atoms with Gasteiger partial charge in [-0.25, -0.2) is 9.48 Å². The summed E-state index contributed by atoms with van der Waals surface area (Å²) < 4.78 is 19.9. The van der Waals surface area contributed by atoms with E-state index in [-0.39, 0.29) is 6.10 Å². The van der Waals surface area contributed by atoms with E-state index >= 15 is 0 Å². The van der Waals surface area contributed by atoms with E-state index in [0.29, 0.717) is 60.8 Å². The van der Waals surface area contributed by atoms with Gasteiger partial charge in [-0.15, -0.1) is 5.10 Å². The highest BCUT2D eigenvalue weighted by Gasteiger charge is 2.36. The molecule has 0 radical (unpaired) electrons. The maximum Gasteiger partial charge on any atom is 0.338 e. The normalized spacial score (nSPS) is 14.4. The van der Waals surface area contributed by atoms with Gasteiger partial charge in [0.15, 0.2) is 11.5 Å². The predicted octanol–water partition coefficient (Wildman–Crippen LogP) is 8.47. The number of nitrogens with one attached hydrogen (secondary N) is 1. The zero-order valence-corrected chi connectivity index (χ0v) is 27.8. The molecule has 0 saturated carbocycles. The molecule has 224 valence electrons. The van der Waals surface area contributed by atoms with Crippen molar-refractivity contribution in [2.75, 3.05) is 12.4 Å². The molecular weight excluding hydrogens is 675 g/mol. The van der Waals surface area contributed by atoms with E-state index in [4.69, 9.17) is 47.5 Å². The largest absolute Gasteiger partial charge is 0.493 e. The van der Waals surface area contributed by atoms with Crippen LogP contribution in [0.1, 0.15) is 43.5 Å². The average Bonchev–Trinajstić information content (AvgIpc) is 3.37. The van der Waals surface area contributed by atoms with Crippen LogP contribution < -0.4 is 14.8 Å². The van der Waals surface area contributed by atoms with Crippen LogP contribution in [-0.2, 0) is 21.9 Å². The average molecular weight is 704 g/mol. The number of rotatable bonds is 10. The number of halogens is 3. The van der Waals surface area contributed by atoms with Crippen molar-refractivity contribution in [2.45, 2.75) is 50.4 Å². The summed E-state index contributed by atoms with van der Waals surface area (Å²) in [6.45, 7) is 5.77. The minimum atomic E-state index is -0.653. The molecule has 0 amide bonds. The van der Waals surface area contributed by atoms with Crippen molar-refractivity contribution >= 4 is 62.8 Å². The third-order valence-corrected chi connectivity index (χ3v) is 8.67. The predicted molar refractivity (Wildman–Crippen MR) is 173 cm³/mol. The van der Waals surface area contributed by atoms with E-state index < -0.39 is 12.0 Å². The molecule has 0 saturated heterocycles. The molecule has 1 aliphatic rings. The number of hydrogen-bond acceptors (Lipinski definition) is 8. The van der Waals surface area contributed by atoms with Gasteiger partial charge in [0, 0.05) is 21.5 Å². The smallest absolute Gasteiger partial charge is 0.338 e. The number of benzene rings is 3. The van der Waals surface area contributed by atoms with Gasteiger partial charge < -0.3 is 19.5 Å². The number of aromatic nitrogens is 3. The second kappa shape index (κ2) is 13.6. The molecule has 1 aromatic heterocycles. The molecule has 5 rings (SSSR count). The molecule has 1 aliphatic heterocycles. The standard InChI is InChI=1S/C31H29BrCl2N4O4S/c1-17(2)42-29(39)26-18(3)35-30-36-31(43-16-20-7-5-6-8-24(20)34)37-38(30)27(26)21-13-23(32)28(25(14-21)40-4)41-15-19-9-11-22(33)12-10-19/h5-14,17,27H,15-16H2,1-4H3,(H,35,36,37). The second-order valence-electron chi connectivity index (χ2n) is 10.0. The number of carbonyl (C=O) groups is 1. The molecule has 1 atom stereocenters. The van der Waals surface area contributed by atoms with Crippen LogP contribution in [0.25, 0.3) is 0 Å². The Hall–Kier alpha value is -3.18. The summed E-state index contributed by atoms with van der Waals surface area (Å²) in [5.41, 5.74) is 3.69. The van der Waals surface area contributed by atoms with Crippen LogP contribution in [0.2, 0.25) is 10.0 Å². The summed E-state index contributed by atoms with van der Waals surface area (Å²) >= 11 is 17.5.